The fourth-order valence-corrected chi connectivity index (χ4v) is 12.0. The molecular weight excluding hydrogens is 1180 g/mol. The average Bonchev–Trinajstić information content (AvgIpc) is 2.19. The Morgan fingerprint density at radius 1 is 0.437 bits per heavy atom. The number of H-pyrrole nitrogens is 3. The molecule has 0 atom stereocenters. The van der Waals surface area contributed by atoms with Crippen LogP contribution in [0.25, 0.3) is 103 Å². The maximum atomic E-state index is 14.0. The van der Waals surface area contributed by atoms with Crippen molar-refractivity contribution in [2.24, 2.45) is 15.4 Å². The highest BCUT2D eigenvalue weighted by Crippen LogP contribution is 2.33. The highest BCUT2D eigenvalue weighted by Gasteiger charge is 2.19. The second kappa shape index (κ2) is 25.6. The number of aromatic nitrogens is 6. The van der Waals surface area contributed by atoms with Crippen LogP contribution in [0.1, 0.15) is 65.1 Å². The number of imidazole rings is 3. The average molecular weight is 1230 g/mol. The number of primary sulfonamides is 3. The molecule has 9 aromatic carbocycles. The first-order valence-electron chi connectivity index (χ1n) is 27.0. The van der Waals surface area contributed by atoms with E-state index in [0.29, 0.717) is 50.6 Å². The van der Waals surface area contributed by atoms with Gasteiger partial charge in [0, 0.05) is 22.3 Å². The Kier molecular flexibility index (Phi) is 17.9. The Balaban J connectivity index is 0.000000145. The van der Waals surface area contributed by atoms with Crippen LogP contribution in [0.4, 0.5) is 4.39 Å². The van der Waals surface area contributed by atoms with Crippen LogP contribution in [0, 0.1) is 12.7 Å². The third kappa shape index (κ3) is 14.8. The van der Waals surface area contributed by atoms with Crippen molar-refractivity contribution >= 4 is 111 Å². The minimum atomic E-state index is -3.86. The number of hydrogen-bond donors (Lipinski definition) is 6. The number of sulfonamides is 3. The molecule has 0 unspecified atom stereocenters. The van der Waals surface area contributed by atoms with Crippen molar-refractivity contribution in [2.75, 3.05) is 0 Å². The van der Waals surface area contributed by atoms with Crippen LogP contribution in [-0.4, -0.2) is 55.2 Å². The number of nitrogens with one attached hydrogen (secondary N) is 3. The van der Waals surface area contributed by atoms with Gasteiger partial charge in [0.2, 0.25) is 30.1 Å². The van der Waals surface area contributed by atoms with Gasteiger partial charge >= 0.3 is 0 Å². The number of hydrogen-bond acceptors (Lipinski definition) is 9. The van der Waals surface area contributed by atoms with E-state index in [-0.39, 0.29) is 19.7 Å². The van der Waals surface area contributed by atoms with Crippen LogP contribution < -0.4 is 15.4 Å². The number of nitrogens with two attached hydrogens (primary N) is 3. The lowest BCUT2D eigenvalue weighted by Crippen LogP contribution is -2.13. The predicted octanol–water partition coefficient (Wildman–Crippen LogP) is 14.4. The van der Waals surface area contributed by atoms with Gasteiger partial charge in [-0.2, -0.15) is 0 Å². The molecule has 0 amide bonds. The van der Waals surface area contributed by atoms with E-state index in [9.17, 15) is 29.6 Å². The Bertz CT molecular complexity index is 4980. The highest BCUT2D eigenvalue weighted by atomic mass is 35.5. The van der Waals surface area contributed by atoms with Gasteiger partial charge in [0.05, 0.1) is 52.8 Å². The van der Waals surface area contributed by atoms with Gasteiger partial charge in [-0.15, -0.1) is 0 Å². The van der Waals surface area contributed by atoms with Crippen LogP contribution >= 0.6 is 11.6 Å². The van der Waals surface area contributed by atoms with Crippen molar-refractivity contribution in [1.29, 1.82) is 0 Å². The summed E-state index contributed by atoms with van der Waals surface area (Å²) in [6, 6.07) is 58.0. The number of halogens is 2. The fraction of sp³-hybridized carbons (Fsp3) is 0.0597. The molecule has 438 valence electrons. The fourth-order valence-electron chi connectivity index (χ4n) is 9.52. The molecule has 0 aliphatic heterocycles. The lowest BCUT2D eigenvalue weighted by Gasteiger charge is -2.07. The van der Waals surface area contributed by atoms with Crippen molar-refractivity contribution in [2.45, 2.75) is 41.4 Å². The number of nitrogens with zero attached hydrogens (tertiary/aromatic N) is 3. The molecule has 0 fully saturated rings. The molecule has 0 spiro atoms. The molecule has 12 aromatic rings. The van der Waals surface area contributed by atoms with Gasteiger partial charge in [0.1, 0.15) is 23.3 Å². The van der Waals surface area contributed by atoms with E-state index in [2.05, 4.69) is 99.2 Å². The summed E-state index contributed by atoms with van der Waals surface area (Å²) in [4.78, 5) is 23.6. The van der Waals surface area contributed by atoms with E-state index in [1.165, 1.54) is 35.4 Å². The number of benzene rings is 9. The maximum Gasteiger partial charge on any atom is 0.238 e. The minimum Gasteiger partial charge on any atom is -0.338 e. The van der Waals surface area contributed by atoms with Crippen molar-refractivity contribution < 1.29 is 29.6 Å². The number of aromatic amines is 3. The van der Waals surface area contributed by atoms with E-state index in [1.54, 1.807) is 97.1 Å². The summed E-state index contributed by atoms with van der Waals surface area (Å²) >= 11 is 5.80. The molecule has 12 rings (SSSR count). The van der Waals surface area contributed by atoms with Gasteiger partial charge in [-0.1, -0.05) is 177 Å². The summed E-state index contributed by atoms with van der Waals surface area (Å²) in [5.41, 5.74) is 13.6. The third-order valence-electron chi connectivity index (χ3n) is 14.0. The Labute approximate surface area is 508 Å². The molecule has 3 heterocycles. The molecule has 9 N–H and O–H groups in total. The molecule has 87 heavy (non-hydrogen) atoms. The third-order valence-corrected chi connectivity index (χ3v) is 17.2. The van der Waals surface area contributed by atoms with E-state index in [4.69, 9.17) is 27.0 Å². The zero-order valence-corrected chi connectivity index (χ0v) is 50.2. The Morgan fingerprint density at radius 2 is 0.793 bits per heavy atom. The van der Waals surface area contributed by atoms with Gasteiger partial charge in [-0.3, -0.25) is 0 Å². The van der Waals surface area contributed by atoms with Crippen LogP contribution in [0.2, 0.25) is 5.02 Å². The van der Waals surface area contributed by atoms with Crippen molar-refractivity contribution in [3.8, 4) is 33.4 Å². The molecule has 0 aliphatic rings. The van der Waals surface area contributed by atoms with Crippen molar-refractivity contribution in [3.05, 3.63) is 250 Å². The summed E-state index contributed by atoms with van der Waals surface area (Å²) in [6.45, 7) is 6.40. The number of rotatable bonds is 13. The molecule has 3 aromatic heterocycles. The van der Waals surface area contributed by atoms with E-state index in [0.717, 1.165) is 56.0 Å². The number of aryl methyl sites for hydroxylation is 1. The molecule has 0 aliphatic carbocycles. The summed E-state index contributed by atoms with van der Waals surface area (Å²) in [5, 5.41) is 16.1. The van der Waals surface area contributed by atoms with Gasteiger partial charge in [0.25, 0.3) is 0 Å². The molecule has 0 saturated heterocycles. The normalized spacial score (nSPS) is 12.1. The van der Waals surface area contributed by atoms with Crippen LogP contribution in [-0.2, 0) is 30.1 Å². The zero-order valence-electron chi connectivity index (χ0n) is 47.0. The van der Waals surface area contributed by atoms with Gasteiger partial charge in [-0.05, 0) is 131 Å². The molecule has 0 bridgehead atoms. The Morgan fingerprint density at radius 3 is 1.16 bits per heavy atom. The van der Waals surface area contributed by atoms with E-state index >= 15 is 0 Å². The largest absolute Gasteiger partial charge is 0.338 e. The summed E-state index contributed by atoms with van der Waals surface area (Å²) in [6.07, 6.45) is 11.1. The van der Waals surface area contributed by atoms with Crippen LogP contribution in [0.15, 0.2) is 209 Å². The van der Waals surface area contributed by atoms with E-state index in [1.807, 2.05) is 60.7 Å². The highest BCUT2D eigenvalue weighted by molar-refractivity contribution is 7.89. The summed E-state index contributed by atoms with van der Waals surface area (Å²) in [7, 11) is -11.5. The first-order chi connectivity index (χ1) is 41.5. The van der Waals surface area contributed by atoms with Crippen molar-refractivity contribution in [3.63, 3.8) is 0 Å². The standard InChI is InChI=1S/C24H23N3O2S.C22H19N3O2S.C21H15ClFN3O2S/c1-16(2)18-10-7-17(8-11-18)9-14-24-26-21-13-12-19(15-22(21)27-24)20-5-3-4-6-23(20)30(25,28)29;1-15-6-8-16(9-7-15)10-13-22-24-19-12-11-17(14-20(19)25-22)18-4-2-3-5-21(18)28(23,26)27;22-16-6-3-4-13(21(16)23)9-11-20-25-17-10-8-14(12-18(17)26-20)15-5-1-2-7-19(15)29(24,27)28/h3-16H,1-2H3,(H,26,27)(H2,25,28,29);2-14H,1H3,(H,24,25)(H2,23,26,27);1-12H,(H,25,26)(H2,24,27,28)/b14-9+;13-10+;11-9+. The lowest BCUT2D eigenvalue weighted by molar-refractivity contribution is 0.596. The molecule has 20 heteroatoms. The monoisotopic (exact) mass is 1230 g/mol. The quantitative estimate of drug-likeness (QED) is 0.0640. The number of fused-ring (bicyclic) bond motifs is 3. The van der Waals surface area contributed by atoms with Gasteiger partial charge in [-0.25, -0.2) is 60.0 Å². The zero-order chi connectivity index (χ0) is 61.6. The maximum absolute atomic E-state index is 14.0. The van der Waals surface area contributed by atoms with Crippen LogP contribution in [0.5, 0.6) is 0 Å². The lowest BCUT2D eigenvalue weighted by atomic mass is 10.0. The summed E-state index contributed by atoms with van der Waals surface area (Å²) in [5.74, 6) is 1.99. The minimum absolute atomic E-state index is 0.0509. The smallest absolute Gasteiger partial charge is 0.238 e. The molecular formula is C67H57ClFN9O6S3. The van der Waals surface area contributed by atoms with Gasteiger partial charge in [0.15, 0.2) is 0 Å². The topological polar surface area (TPSA) is 267 Å². The Hall–Kier alpha value is -9.44. The first-order valence-corrected chi connectivity index (χ1v) is 32.1. The van der Waals surface area contributed by atoms with E-state index < -0.39 is 35.9 Å². The first kappa shape index (κ1) is 60.7. The molecule has 15 nitrogen and oxygen atoms in total. The van der Waals surface area contributed by atoms with Gasteiger partial charge < -0.3 is 15.0 Å². The summed E-state index contributed by atoms with van der Waals surface area (Å²) < 4.78 is 85.4. The second-order valence-electron chi connectivity index (χ2n) is 20.6. The molecule has 0 radical (unpaired) electrons. The molecule has 0 saturated carbocycles. The SMILES string of the molecule is CC(C)c1ccc(/C=C/c2nc3ccc(-c4ccccc4S(N)(=O)=O)cc3[nH]2)cc1.Cc1ccc(/C=C/c2nc3ccc(-c4ccccc4S(N)(=O)=O)cc3[nH]2)cc1.NS(=O)(=O)c1ccccc1-c1ccc2nc(/C=C/c3cccc(Cl)c3F)[nH]c2c1. The van der Waals surface area contributed by atoms with Crippen molar-refractivity contribution in [1.82, 2.24) is 29.9 Å². The van der Waals surface area contributed by atoms with Crippen LogP contribution in [0.3, 0.4) is 0 Å². The predicted molar refractivity (Wildman–Crippen MR) is 349 cm³/mol. The second-order valence-corrected chi connectivity index (χ2v) is 25.6.